The number of rotatable bonds is 6. The van der Waals surface area contributed by atoms with E-state index in [2.05, 4.69) is 20.2 Å². The summed E-state index contributed by atoms with van der Waals surface area (Å²) in [6, 6.07) is 7.88. The highest BCUT2D eigenvalue weighted by Gasteiger charge is 2.22. The molecule has 1 fully saturated rings. The van der Waals surface area contributed by atoms with Crippen molar-refractivity contribution in [1.29, 1.82) is 0 Å². The maximum atomic E-state index is 12.4. The number of para-hydroxylation sites is 2. The lowest BCUT2D eigenvalue weighted by Crippen LogP contribution is -2.50. The minimum Gasteiger partial charge on any atom is -0.416 e. The second kappa shape index (κ2) is 8.64. The first kappa shape index (κ1) is 19.4. The Kier molecular flexibility index (Phi) is 5.79. The summed E-state index contributed by atoms with van der Waals surface area (Å²) in [4.78, 5) is 35.0. The van der Waals surface area contributed by atoms with Crippen molar-refractivity contribution in [3.05, 3.63) is 36.0 Å². The number of hydrogen-bond donors (Lipinski definition) is 1. The number of fused-ring (bicyclic) bond motifs is 1. The zero-order valence-corrected chi connectivity index (χ0v) is 16.9. The first-order chi connectivity index (χ1) is 14.1. The van der Waals surface area contributed by atoms with Crippen LogP contribution >= 0.6 is 11.8 Å². The summed E-state index contributed by atoms with van der Waals surface area (Å²) in [6.07, 6.45) is 1.24. The molecule has 3 heterocycles. The van der Waals surface area contributed by atoms with E-state index in [9.17, 15) is 9.59 Å². The third kappa shape index (κ3) is 4.76. The molecular weight excluding hydrogens is 392 g/mol. The third-order valence-corrected chi connectivity index (χ3v) is 5.66. The second-order valence-electron chi connectivity index (χ2n) is 6.84. The molecule has 9 nitrogen and oxygen atoms in total. The van der Waals surface area contributed by atoms with Gasteiger partial charge in [-0.2, -0.15) is 0 Å². The topological polar surface area (TPSA) is 108 Å². The van der Waals surface area contributed by atoms with Gasteiger partial charge in [-0.1, -0.05) is 23.9 Å². The first-order valence-electron chi connectivity index (χ1n) is 9.50. The number of carbonyl (C=O) groups excluding carboxylic acids is 2. The van der Waals surface area contributed by atoms with Gasteiger partial charge in [0.1, 0.15) is 5.82 Å². The quantitative estimate of drug-likeness (QED) is 0.609. The molecule has 2 amide bonds. The van der Waals surface area contributed by atoms with Gasteiger partial charge in [0.2, 0.25) is 17.7 Å². The number of H-pyrrole nitrogens is 1. The van der Waals surface area contributed by atoms with Gasteiger partial charge in [-0.3, -0.25) is 9.59 Å². The molecule has 0 bridgehead atoms. The maximum absolute atomic E-state index is 12.4. The Morgan fingerprint density at radius 3 is 2.62 bits per heavy atom. The number of benzene rings is 1. The normalized spacial score (nSPS) is 14.5. The fourth-order valence-electron chi connectivity index (χ4n) is 3.23. The van der Waals surface area contributed by atoms with Crippen molar-refractivity contribution in [1.82, 2.24) is 30.0 Å². The SMILES string of the molecule is CC(=O)N1CCN(C(=O)CSc2nnc(CCc3nc4ccccc4[nH]3)o2)CC1. The summed E-state index contributed by atoms with van der Waals surface area (Å²) in [6.45, 7) is 3.84. The number of nitrogens with zero attached hydrogens (tertiary/aromatic N) is 5. The van der Waals surface area contributed by atoms with E-state index in [1.807, 2.05) is 24.3 Å². The average Bonchev–Trinajstić information content (AvgIpc) is 3.36. The summed E-state index contributed by atoms with van der Waals surface area (Å²) in [7, 11) is 0. The molecule has 0 unspecified atom stereocenters. The number of amides is 2. The van der Waals surface area contributed by atoms with Crippen LogP contribution in [0.1, 0.15) is 18.6 Å². The van der Waals surface area contributed by atoms with E-state index in [0.29, 0.717) is 50.1 Å². The summed E-state index contributed by atoms with van der Waals surface area (Å²) >= 11 is 1.24. The van der Waals surface area contributed by atoms with Crippen LogP contribution in [0.25, 0.3) is 11.0 Å². The molecule has 0 radical (unpaired) electrons. The molecule has 0 aliphatic carbocycles. The predicted molar refractivity (Wildman–Crippen MR) is 107 cm³/mol. The molecule has 10 heteroatoms. The van der Waals surface area contributed by atoms with Crippen molar-refractivity contribution < 1.29 is 14.0 Å². The molecule has 0 spiro atoms. The Labute approximate surface area is 171 Å². The Morgan fingerprint density at radius 2 is 1.86 bits per heavy atom. The largest absolute Gasteiger partial charge is 0.416 e. The number of thioether (sulfide) groups is 1. The molecule has 1 aliphatic rings. The molecule has 1 aromatic carbocycles. The van der Waals surface area contributed by atoms with Gasteiger partial charge in [0.25, 0.3) is 5.22 Å². The Bertz CT molecular complexity index is 975. The summed E-state index contributed by atoms with van der Waals surface area (Å²) in [5.41, 5.74) is 1.94. The Hall–Kier alpha value is -2.88. The molecule has 1 N–H and O–H groups in total. The zero-order chi connectivity index (χ0) is 20.2. The minimum absolute atomic E-state index is 0.0141. The van der Waals surface area contributed by atoms with E-state index in [4.69, 9.17) is 4.42 Å². The van der Waals surface area contributed by atoms with E-state index >= 15 is 0 Å². The van der Waals surface area contributed by atoms with Gasteiger partial charge in [0.05, 0.1) is 16.8 Å². The molecule has 1 aliphatic heterocycles. The lowest BCUT2D eigenvalue weighted by atomic mass is 10.3. The molecular formula is C19H22N6O3S. The molecule has 0 saturated carbocycles. The summed E-state index contributed by atoms with van der Waals surface area (Å²) < 4.78 is 5.64. The van der Waals surface area contributed by atoms with Gasteiger partial charge < -0.3 is 19.2 Å². The molecule has 152 valence electrons. The van der Waals surface area contributed by atoms with Gasteiger partial charge >= 0.3 is 0 Å². The lowest BCUT2D eigenvalue weighted by Gasteiger charge is -2.34. The van der Waals surface area contributed by atoms with Crippen molar-refractivity contribution in [2.75, 3.05) is 31.9 Å². The van der Waals surface area contributed by atoms with Crippen molar-refractivity contribution in [3.63, 3.8) is 0 Å². The van der Waals surface area contributed by atoms with Gasteiger partial charge in [-0.05, 0) is 12.1 Å². The minimum atomic E-state index is 0.0141. The van der Waals surface area contributed by atoms with E-state index in [-0.39, 0.29) is 17.6 Å². The van der Waals surface area contributed by atoms with Crippen LogP contribution in [0.5, 0.6) is 0 Å². The molecule has 2 aromatic heterocycles. The average molecular weight is 414 g/mol. The van der Waals surface area contributed by atoms with Crippen LogP contribution in [-0.2, 0) is 22.4 Å². The number of aromatic nitrogens is 4. The van der Waals surface area contributed by atoms with Gasteiger partial charge in [-0.25, -0.2) is 4.98 Å². The van der Waals surface area contributed by atoms with Crippen LogP contribution in [0.2, 0.25) is 0 Å². The third-order valence-electron chi connectivity index (χ3n) is 4.86. The predicted octanol–water partition coefficient (Wildman–Crippen LogP) is 1.51. The summed E-state index contributed by atoms with van der Waals surface area (Å²) in [5.74, 6) is 1.70. The highest BCUT2D eigenvalue weighted by Crippen LogP contribution is 2.18. The fraction of sp³-hybridized carbons (Fsp3) is 0.421. The van der Waals surface area contributed by atoms with Crippen LogP contribution in [0.4, 0.5) is 0 Å². The zero-order valence-electron chi connectivity index (χ0n) is 16.1. The molecule has 1 saturated heterocycles. The number of imidazole rings is 1. The van der Waals surface area contributed by atoms with Gasteiger partial charge in [0, 0.05) is 45.9 Å². The molecule has 3 aromatic rings. The Balaban J connectivity index is 1.24. The molecule has 29 heavy (non-hydrogen) atoms. The van der Waals surface area contributed by atoms with Crippen molar-refractivity contribution in [3.8, 4) is 0 Å². The number of hydrogen-bond acceptors (Lipinski definition) is 7. The van der Waals surface area contributed by atoms with Crippen molar-refractivity contribution in [2.45, 2.75) is 25.0 Å². The maximum Gasteiger partial charge on any atom is 0.277 e. The van der Waals surface area contributed by atoms with Crippen molar-refractivity contribution >= 4 is 34.6 Å². The summed E-state index contributed by atoms with van der Waals surface area (Å²) in [5, 5.41) is 8.46. The van der Waals surface area contributed by atoms with Gasteiger partial charge in [-0.15, -0.1) is 10.2 Å². The number of carbonyl (C=O) groups is 2. The lowest BCUT2D eigenvalue weighted by molar-refractivity contribution is -0.136. The van der Waals surface area contributed by atoms with Crippen molar-refractivity contribution in [2.24, 2.45) is 0 Å². The standard InChI is InChI=1S/C19H22N6O3S/c1-13(26)24-8-10-25(11-9-24)18(27)12-29-19-23-22-17(28-19)7-6-16-20-14-4-2-3-5-15(14)21-16/h2-5H,6-12H2,1H3,(H,20,21). The van der Waals surface area contributed by atoms with Crippen LogP contribution in [0.3, 0.4) is 0 Å². The highest BCUT2D eigenvalue weighted by atomic mass is 32.2. The Morgan fingerprint density at radius 1 is 1.10 bits per heavy atom. The number of piperazine rings is 1. The number of nitrogens with one attached hydrogen (secondary N) is 1. The van der Waals surface area contributed by atoms with E-state index in [0.717, 1.165) is 16.9 Å². The second-order valence-corrected chi connectivity index (χ2v) is 7.76. The first-order valence-corrected chi connectivity index (χ1v) is 10.5. The monoisotopic (exact) mass is 414 g/mol. The van der Waals surface area contributed by atoms with E-state index < -0.39 is 0 Å². The number of aromatic amines is 1. The number of aryl methyl sites for hydroxylation is 2. The highest BCUT2D eigenvalue weighted by molar-refractivity contribution is 7.99. The van der Waals surface area contributed by atoms with Gasteiger partial charge in [0.15, 0.2) is 0 Å². The molecule has 0 atom stereocenters. The van der Waals surface area contributed by atoms with Crippen LogP contribution in [0, 0.1) is 0 Å². The smallest absolute Gasteiger partial charge is 0.277 e. The van der Waals surface area contributed by atoms with Crippen LogP contribution < -0.4 is 0 Å². The fourth-order valence-corrected chi connectivity index (χ4v) is 3.92. The van der Waals surface area contributed by atoms with E-state index in [1.165, 1.54) is 11.8 Å². The molecule has 4 rings (SSSR count). The van der Waals surface area contributed by atoms with Crippen LogP contribution in [-0.4, -0.2) is 73.7 Å². The van der Waals surface area contributed by atoms with Crippen LogP contribution in [0.15, 0.2) is 33.9 Å². The van der Waals surface area contributed by atoms with E-state index in [1.54, 1.807) is 16.7 Å².